The third kappa shape index (κ3) is 4.73. The molecule has 0 radical (unpaired) electrons. The summed E-state index contributed by atoms with van der Waals surface area (Å²) in [6.45, 7) is 7.73. The minimum absolute atomic E-state index is 0.0458. The lowest BCUT2D eigenvalue weighted by Crippen LogP contribution is -2.23. The number of aryl methyl sites for hydroxylation is 3. The third-order valence-corrected chi connectivity index (χ3v) is 6.75. The predicted octanol–water partition coefficient (Wildman–Crippen LogP) is 6.23. The maximum Gasteiger partial charge on any atom is 0.230 e. The number of hydrogen-bond donors (Lipinski definition) is 0. The summed E-state index contributed by atoms with van der Waals surface area (Å²) >= 11 is 3.12. The van der Waals surface area contributed by atoms with Crippen LogP contribution in [0.4, 0.5) is 10.8 Å². The lowest BCUT2D eigenvalue weighted by atomic mass is 10.1. The van der Waals surface area contributed by atoms with Gasteiger partial charge in [-0.3, -0.25) is 14.3 Å². The van der Waals surface area contributed by atoms with Crippen molar-refractivity contribution in [3.05, 3.63) is 82.6 Å². The van der Waals surface area contributed by atoms with Crippen molar-refractivity contribution in [2.24, 2.45) is 0 Å². The fourth-order valence-electron chi connectivity index (χ4n) is 3.44. The SMILES string of the molecule is CC(=O)N(c1nc(CSc2nccn2-c2cccc(C)c2)cs1)c1ccc(C)cc1C. The first kappa shape index (κ1) is 21.3. The van der Waals surface area contributed by atoms with Crippen LogP contribution in [0.25, 0.3) is 5.69 Å². The van der Waals surface area contributed by atoms with E-state index < -0.39 is 0 Å². The average molecular weight is 449 g/mol. The van der Waals surface area contributed by atoms with Gasteiger partial charge in [0.25, 0.3) is 0 Å². The van der Waals surface area contributed by atoms with Crippen LogP contribution in [-0.4, -0.2) is 20.4 Å². The largest absolute Gasteiger partial charge is 0.295 e. The second kappa shape index (κ2) is 9.08. The molecule has 0 aliphatic heterocycles. The first-order valence-corrected chi connectivity index (χ1v) is 11.8. The molecule has 0 N–H and O–H groups in total. The van der Waals surface area contributed by atoms with Gasteiger partial charge < -0.3 is 0 Å². The fourth-order valence-corrected chi connectivity index (χ4v) is 5.29. The molecular formula is C24H24N4OS2. The maximum atomic E-state index is 12.4. The van der Waals surface area contributed by atoms with Gasteiger partial charge in [0, 0.05) is 36.1 Å². The molecule has 2 aromatic carbocycles. The molecule has 0 saturated heterocycles. The highest BCUT2D eigenvalue weighted by Gasteiger charge is 2.20. The van der Waals surface area contributed by atoms with Gasteiger partial charge in [-0.1, -0.05) is 41.6 Å². The first-order valence-electron chi connectivity index (χ1n) is 9.98. The Morgan fingerprint density at radius 3 is 2.68 bits per heavy atom. The van der Waals surface area contributed by atoms with Gasteiger partial charge in [0.1, 0.15) is 0 Å². The van der Waals surface area contributed by atoms with Crippen LogP contribution in [0.1, 0.15) is 29.3 Å². The number of aromatic nitrogens is 3. The zero-order chi connectivity index (χ0) is 22.0. The zero-order valence-corrected chi connectivity index (χ0v) is 19.6. The molecule has 31 heavy (non-hydrogen) atoms. The van der Waals surface area contributed by atoms with Crippen LogP contribution in [0.5, 0.6) is 0 Å². The van der Waals surface area contributed by atoms with E-state index in [-0.39, 0.29) is 5.91 Å². The van der Waals surface area contributed by atoms with Crippen molar-refractivity contribution >= 4 is 39.8 Å². The van der Waals surface area contributed by atoms with E-state index in [0.29, 0.717) is 10.9 Å². The van der Waals surface area contributed by atoms with Crippen molar-refractivity contribution < 1.29 is 4.79 Å². The highest BCUT2D eigenvalue weighted by atomic mass is 32.2. The monoisotopic (exact) mass is 448 g/mol. The fraction of sp³-hybridized carbons (Fsp3) is 0.208. The Morgan fingerprint density at radius 2 is 1.94 bits per heavy atom. The quantitative estimate of drug-likeness (QED) is 0.328. The number of amides is 1. The van der Waals surface area contributed by atoms with Crippen LogP contribution in [-0.2, 0) is 10.5 Å². The molecule has 5 nitrogen and oxygen atoms in total. The van der Waals surface area contributed by atoms with Crippen LogP contribution in [0.3, 0.4) is 0 Å². The van der Waals surface area contributed by atoms with Gasteiger partial charge in [0.05, 0.1) is 11.4 Å². The third-order valence-electron chi connectivity index (χ3n) is 4.87. The molecule has 0 aliphatic rings. The Balaban J connectivity index is 1.53. The maximum absolute atomic E-state index is 12.4. The van der Waals surface area contributed by atoms with Crippen molar-refractivity contribution in [2.45, 2.75) is 38.6 Å². The highest BCUT2D eigenvalue weighted by Crippen LogP contribution is 2.33. The van der Waals surface area contributed by atoms with Crippen molar-refractivity contribution in [3.63, 3.8) is 0 Å². The van der Waals surface area contributed by atoms with E-state index in [9.17, 15) is 4.79 Å². The average Bonchev–Trinajstić information content (AvgIpc) is 3.37. The summed E-state index contributed by atoms with van der Waals surface area (Å²) in [4.78, 5) is 23.4. The topological polar surface area (TPSA) is 51.0 Å². The number of hydrogen-bond acceptors (Lipinski definition) is 5. The molecule has 2 aromatic heterocycles. The molecule has 0 bridgehead atoms. The molecule has 158 valence electrons. The number of thiazole rings is 1. The van der Waals surface area contributed by atoms with Gasteiger partial charge in [-0.05, 0) is 50.1 Å². The Hall–Kier alpha value is -2.90. The molecule has 4 aromatic rings. The number of thioether (sulfide) groups is 1. The molecule has 0 aliphatic carbocycles. The number of imidazole rings is 1. The molecule has 4 rings (SSSR count). The lowest BCUT2D eigenvalue weighted by Gasteiger charge is -2.20. The van der Waals surface area contributed by atoms with Crippen molar-refractivity contribution in [1.82, 2.24) is 14.5 Å². The molecule has 7 heteroatoms. The normalized spacial score (nSPS) is 11.0. The standard InChI is InChI=1S/C24H24N4OS2/c1-16-6-5-7-21(13-16)27-11-10-25-23(27)30-14-20-15-31-24(26-20)28(19(4)29)22-9-8-17(2)12-18(22)3/h5-13,15H,14H2,1-4H3. The summed E-state index contributed by atoms with van der Waals surface area (Å²) in [6.07, 6.45) is 3.79. The molecule has 0 spiro atoms. The summed E-state index contributed by atoms with van der Waals surface area (Å²) < 4.78 is 2.09. The van der Waals surface area contributed by atoms with E-state index in [2.05, 4.69) is 46.8 Å². The van der Waals surface area contributed by atoms with Crippen molar-refractivity contribution in [3.8, 4) is 5.69 Å². The van der Waals surface area contributed by atoms with E-state index >= 15 is 0 Å². The minimum Gasteiger partial charge on any atom is -0.295 e. The van der Waals surface area contributed by atoms with E-state index in [1.807, 2.05) is 43.8 Å². The Kier molecular flexibility index (Phi) is 6.25. The zero-order valence-electron chi connectivity index (χ0n) is 18.0. The molecule has 0 atom stereocenters. The number of anilines is 2. The summed E-state index contributed by atoms with van der Waals surface area (Å²) in [7, 11) is 0. The smallest absolute Gasteiger partial charge is 0.230 e. The summed E-state index contributed by atoms with van der Waals surface area (Å²) in [5.41, 5.74) is 6.34. The highest BCUT2D eigenvalue weighted by molar-refractivity contribution is 7.98. The van der Waals surface area contributed by atoms with Gasteiger partial charge in [-0.2, -0.15) is 0 Å². The number of benzene rings is 2. The van der Waals surface area contributed by atoms with Crippen molar-refractivity contribution in [2.75, 3.05) is 4.90 Å². The van der Waals surface area contributed by atoms with Crippen LogP contribution in [0, 0.1) is 20.8 Å². The molecule has 0 fully saturated rings. The first-order chi connectivity index (χ1) is 14.9. The number of nitrogens with zero attached hydrogens (tertiary/aromatic N) is 4. The van der Waals surface area contributed by atoms with E-state index in [4.69, 9.17) is 4.98 Å². The Bertz CT molecular complexity index is 1230. The molecule has 1 amide bonds. The van der Waals surface area contributed by atoms with Gasteiger partial charge in [0.15, 0.2) is 10.3 Å². The van der Waals surface area contributed by atoms with Crippen LogP contribution < -0.4 is 4.90 Å². The predicted molar refractivity (Wildman–Crippen MR) is 129 cm³/mol. The summed E-state index contributed by atoms with van der Waals surface area (Å²) in [6, 6.07) is 14.4. The van der Waals surface area contributed by atoms with E-state index in [1.165, 1.54) is 22.5 Å². The van der Waals surface area contributed by atoms with Gasteiger partial charge >= 0.3 is 0 Å². The van der Waals surface area contributed by atoms with Crippen LogP contribution >= 0.6 is 23.1 Å². The van der Waals surface area contributed by atoms with Gasteiger partial charge in [-0.15, -0.1) is 11.3 Å². The molecule has 0 unspecified atom stereocenters. The number of carbonyl (C=O) groups excluding carboxylic acids is 1. The van der Waals surface area contributed by atoms with Gasteiger partial charge in [0.2, 0.25) is 5.91 Å². The second-order valence-electron chi connectivity index (χ2n) is 7.47. The summed E-state index contributed by atoms with van der Waals surface area (Å²) in [5.74, 6) is 0.633. The minimum atomic E-state index is -0.0458. The lowest BCUT2D eigenvalue weighted by molar-refractivity contribution is -0.115. The van der Waals surface area contributed by atoms with Crippen LogP contribution in [0.15, 0.2) is 65.4 Å². The van der Waals surface area contributed by atoms with Crippen LogP contribution in [0.2, 0.25) is 0 Å². The number of carbonyl (C=O) groups is 1. The van der Waals surface area contributed by atoms with Crippen molar-refractivity contribution in [1.29, 1.82) is 0 Å². The molecular weight excluding hydrogens is 424 g/mol. The Morgan fingerprint density at radius 1 is 1.13 bits per heavy atom. The molecule has 0 saturated carbocycles. The summed E-state index contributed by atoms with van der Waals surface area (Å²) in [5, 5.41) is 3.62. The van der Waals surface area contributed by atoms with Gasteiger partial charge in [-0.25, -0.2) is 9.97 Å². The Labute approximate surface area is 190 Å². The van der Waals surface area contributed by atoms with E-state index in [0.717, 1.165) is 27.8 Å². The van der Waals surface area contributed by atoms with E-state index in [1.54, 1.807) is 23.6 Å². The second-order valence-corrected chi connectivity index (χ2v) is 9.25. The molecule has 2 heterocycles. The number of rotatable bonds is 6.